The molecule has 0 saturated carbocycles. The summed E-state index contributed by atoms with van der Waals surface area (Å²) >= 11 is 1.56. The summed E-state index contributed by atoms with van der Waals surface area (Å²) in [7, 11) is 0. The predicted octanol–water partition coefficient (Wildman–Crippen LogP) is 1.17. The Kier molecular flexibility index (Phi) is 2.56. The predicted molar refractivity (Wildman–Crippen MR) is 67.4 cm³/mol. The number of amidine groups is 1. The van der Waals surface area contributed by atoms with E-state index in [4.69, 9.17) is 0 Å². The van der Waals surface area contributed by atoms with Crippen molar-refractivity contribution in [1.82, 2.24) is 14.7 Å². The number of imidazole rings is 1. The van der Waals surface area contributed by atoms with Crippen LogP contribution in [0.15, 0.2) is 35.6 Å². The van der Waals surface area contributed by atoms with Gasteiger partial charge in [0.2, 0.25) is 0 Å². The number of aromatic nitrogens is 2. The van der Waals surface area contributed by atoms with Gasteiger partial charge in [0.15, 0.2) is 5.17 Å². The number of rotatable bonds is 1. The lowest BCUT2D eigenvalue weighted by Crippen LogP contribution is -2.27. The molecule has 0 aliphatic carbocycles. The van der Waals surface area contributed by atoms with Gasteiger partial charge in [0.05, 0.1) is 6.54 Å². The third kappa shape index (κ3) is 2.03. The van der Waals surface area contributed by atoms with Crippen LogP contribution < -0.4 is 5.32 Å². The van der Waals surface area contributed by atoms with E-state index in [2.05, 4.69) is 15.3 Å². The number of amides is 1. The van der Waals surface area contributed by atoms with Crippen molar-refractivity contribution in [1.29, 1.82) is 0 Å². The number of fused-ring (bicyclic) bond motifs is 1. The Morgan fingerprint density at radius 1 is 1.47 bits per heavy atom. The van der Waals surface area contributed by atoms with E-state index < -0.39 is 0 Å². The summed E-state index contributed by atoms with van der Waals surface area (Å²) in [5.74, 6) is 0.725. The molecule has 0 bridgehead atoms. The molecule has 0 aromatic carbocycles. The number of nitrogens with zero attached hydrogens (tertiary/aromatic N) is 3. The molecule has 0 atom stereocenters. The lowest BCUT2D eigenvalue weighted by Gasteiger charge is -1.99. The van der Waals surface area contributed by atoms with Crippen molar-refractivity contribution in [2.75, 3.05) is 12.3 Å². The first-order chi connectivity index (χ1) is 8.33. The Balaban J connectivity index is 1.85. The first-order valence-electron chi connectivity index (χ1n) is 5.25. The molecular weight excluding hydrogens is 236 g/mol. The normalized spacial score (nSPS) is 14.9. The fourth-order valence-electron chi connectivity index (χ4n) is 1.62. The highest BCUT2D eigenvalue weighted by Crippen LogP contribution is 2.10. The molecule has 5 nitrogen and oxygen atoms in total. The smallest absolute Gasteiger partial charge is 0.277 e. The van der Waals surface area contributed by atoms with Crippen LogP contribution in [0.1, 0.15) is 10.5 Å². The molecule has 6 heteroatoms. The van der Waals surface area contributed by atoms with Gasteiger partial charge in [-0.25, -0.2) is 4.98 Å². The zero-order valence-electron chi connectivity index (χ0n) is 8.96. The molecule has 0 fully saturated rings. The van der Waals surface area contributed by atoms with Gasteiger partial charge in [-0.05, 0) is 12.1 Å². The van der Waals surface area contributed by atoms with Crippen LogP contribution in [-0.4, -0.2) is 32.8 Å². The average molecular weight is 246 g/mol. The largest absolute Gasteiger partial charge is 0.306 e. The third-order valence-electron chi connectivity index (χ3n) is 2.40. The molecule has 1 amide bonds. The highest BCUT2D eigenvalue weighted by Gasteiger charge is 2.15. The van der Waals surface area contributed by atoms with Crippen molar-refractivity contribution in [2.45, 2.75) is 0 Å². The number of carbonyl (C=O) groups excluding carboxylic acids is 1. The zero-order valence-corrected chi connectivity index (χ0v) is 9.78. The van der Waals surface area contributed by atoms with Crippen LogP contribution in [0.3, 0.4) is 0 Å². The topological polar surface area (TPSA) is 58.8 Å². The summed E-state index contributed by atoms with van der Waals surface area (Å²) in [5, 5.41) is 3.44. The maximum absolute atomic E-state index is 11.9. The fourth-order valence-corrected chi connectivity index (χ4v) is 2.34. The molecule has 0 unspecified atom stereocenters. The Morgan fingerprint density at radius 2 is 2.41 bits per heavy atom. The molecular formula is C11H10N4OS. The molecule has 0 saturated heterocycles. The van der Waals surface area contributed by atoms with Crippen LogP contribution in [0, 0.1) is 0 Å². The molecule has 86 valence electrons. The summed E-state index contributed by atoms with van der Waals surface area (Å²) < 4.78 is 1.82. The average Bonchev–Trinajstić information content (AvgIpc) is 2.96. The lowest BCUT2D eigenvalue weighted by atomic mass is 10.4. The van der Waals surface area contributed by atoms with Crippen LogP contribution in [0.25, 0.3) is 5.65 Å². The van der Waals surface area contributed by atoms with Crippen LogP contribution in [0.5, 0.6) is 0 Å². The maximum Gasteiger partial charge on any atom is 0.277 e. The van der Waals surface area contributed by atoms with Crippen LogP contribution >= 0.6 is 11.8 Å². The van der Waals surface area contributed by atoms with Gasteiger partial charge in [0.25, 0.3) is 5.91 Å². The lowest BCUT2D eigenvalue weighted by molar-refractivity contribution is 0.0973. The summed E-state index contributed by atoms with van der Waals surface area (Å²) in [6, 6.07) is 5.65. The number of aliphatic imine (C=N–C) groups is 1. The minimum Gasteiger partial charge on any atom is -0.306 e. The molecule has 1 N–H and O–H groups in total. The Morgan fingerprint density at radius 3 is 3.18 bits per heavy atom. The minimum absolute atomic E-state index is 0.207. The Labute approximate surface area is 102 Å². The van der Waals surface area contributed by atoms with Crippen molar-refractivity contribution in [2.24, 2.45) is 4.99 Å². The molecule has 3 heterocycles. The minimum atomic E-state index is -0.207. The van der Waals surface area contributed by atoms with Crippen molar-refractivity contribution in [3.63, 3.8) is 0 Å². The number of carbonyl (C=O) groups is 1. The zero-order chi connectivity index (χ0) is 11.7. The highest BCUT2D eigenvalue weighted by atomic mass is 32.2. The van der Waals surface area contributed by atoms with Crippen LogP contribution in [0.4, 0.5) is 0 Å². The van der Waals surface area contributed by atoms with Gasteiger partial charge in [-0.15, -0.1) is 0 Å². The van der Waals surface area contributed by atoms with Gasteiger partial charge in [-0.3, -0.25) is 15.1 Å². The van der Waals surface area contributed by atoms with Gasteiger partial charge in [-0.2, -0.15) is 0 Å². The number of nitrogens with one attached hydrogen (secondary N) is 1. The summed E-state index contributed by atoms with van der Waals surface area (Å²) in [6.45, 7) is 0.769. The highest BCUT2D eigenvalue weighted by molar-refractivity contribution is 8.14. The van der Waals surface area contributed by atoms with Gasteiger partial charge in [-0.1, -0.05) is 17.8 Å². The molecule has 3 rings (SSSR count). The summed E-state index contributed by atoms with van der Waals surface area (Å²) in [5.41, 5.74) is 1.17. The van der Waals surface area contributed by atoms with Gasteiger partial charge in [0.1, 0.15) is 11.3 Å². The van der Waals surface area contributed by atoms with Gasteiger partial charge < -0.3 is 4.40 Å². The molecule has 2 aromatic heterocycles. The van der Waals surface area contributed by atoms with Crippen molar-refractivity contribution in [3.05, 3.63) is 36.3 Å². The van der Waals surface area contributed by atoms with Crippen molar-refractivity contribution >= 4 is 28.5 Å². The number of hydrogen-bond acceptors (Lipinski definition) is 4. The number of pyridine rings is 1. The second kappa shape index (κ2) is 4.21. The molecule has 2 aromatic rings. The first-order valence-corrected chi connectivity index (χ1v) is 6.24. The van der Waals surface area contributed by atoms with Gasteiger partial charge in [0, 0.05) is 18.1 Å². The molecule has 1 aliphatic heterocycles. The Bertz CT molecular complexity index is 571. The molecule has 0 spiro atoms. The standard InChI is InChI=1S/C11H10N4OS/c16-10(14-11-12-4-6-17-11)8-7-15-5-2-1-3-9(15)13-8/h1-3,5,7H,4,6H2,(H,12,14,16). The fraction of sp³-hybridized carbons (Fsp3) is 0.182. The van der Waals surface area contributed by atoms with Gasteiger partial charge >= 0.3 is 0 Å². The number of hydrogen-bond donors (Lipinski definition) is 1. The monoisotopic (exact) mass is 246 g/mol. The third-order valence-corrected chi connectivity index (χ3v) is 3.29. The SMILES string of the molecule is O=C(NC1=NCCS1)c1cn2ccccc2n1. The molecule has 0 radical (unpaired) electrons. The second-order valence-electron chi connectivity index (χ2n) is 3.58. The second-order valence-corrected chi connectivity index (χ2v) is 4.67. The van der Waals surface area contributed by atoms with Crippen molar-refractivity contribution < 1.29 is 4.79 Å². The van der Waals surface area contributed by atoms with E-state index in [1.54, 1.807) is 18.0 Å². The summed E-state index contributed by atoms with van der Waals surface area (Å²) in [4.78, 5) is 20.3. The van der Waals surface area contributed by atoms with Crippen molar-refractivity contribution in [3.8, 4) is 0 Å². The van der Waals surface area contributed by atoms with E-state index in [0.717, 1.165) is 17.9 Å². The van der Waals surface area contributed by atoms with E-state index in [1.165, 1.54) is 0 Å². The van der Waals surface area contributed by atoms with E-state index in [0.29, 0.717) is 10.9 Å². The van der Waals surface area contributed by atoms with Crippen LogP contribution in [-0.2, 0) is 0 Å². The number of thioether (sulfide) groups is 1. The van der Waals surface area contributed by atoms with E-state index >= 15 is 0 Å². The van der Waals surface area contributed by atoms with E-state index in [9.17, 15) is 4.79 Å². The first kappa shape index (κ1) is 10.3. The Hall–Kier alpha value is -1.82. The summed E-state index contributed by atoms with van der Waals surface area (Å²) in [6.07, 6.45) is 3.58. The maximum atomic E-state index is 11.9. The van der Waals surface area contributed by atoms with E-state index in [1.807, 2.05) is 28.8 Å². The van der Waals surface area contributed by atoms with Crippen LogP contribution in [0.2, 0.25) is 0 Å². The quantitative estimate of drug-likeness (QED) is 0.821. The molecule has 1 aliphatic rings. The molecule has 17 heavy (non-hydrogen) atoms. The van der Waals surface area contributed by atoms with E-state index in [-0.39, 0.29) is 5.91 Å².